The van der Waals surface area contributed by atoms with E-state index in [1.807, 2.05) is 52.0 Å². The third-order valence-electron chi connectivity index (χ3n) is 8.04. The number of hydrogen-bond donors (Lipinski definition) is 2. The van der Waals surface area contributed by atoms with Crippen LogP contribution in [-0.2, 0) is 25.7 Å². The van der Waals surface area contributed by atoms with Crippen molar-refractivity contribution in [3.63, 3.8) is 0 Å². The molecule has 1 spiro atoms. The number of rotatable bonds is 5. The summed E-state index contributed by atoms with van der Waals surface area (Å²) in [6.07, 6.45) is 9.02. The third kappa shape index (κ3) is 4.24. The number of ether oxygens (including phenoxy) is 1. The van der Waals surface area contributed by atoms with E-state index in [0.29, 0.717) is 5.02 Å². The highest BCUT2D eigenvalue weighted by Crippen LogP contribution is 2.60. The van der Waals surface area contributed by atoms with Gasteiger partial charge in [-0.3, -0.25) is 14.4 Å². The van der Waals surface area contributed by atoms with Crippen LogP contribution in [0.4, 0.5) is 0 Å². The van der Waals surface area contributed by atoms with Gasteiger partial charge in [-0.05, 0) is 58.2 Å². The average Bonchev–Trinajstić information content (AvgIpc) is 3.36. The van der Waals surface area contributed by atoms with E-state index in [1.165, 1.54) is 6.42 Å². The number of carbonyl (C=O) groups is 3. The number of benzene rings is 1. The fraction of sp³-hybridized carbons (Fsp3) is 0.607. The van der Waals surface area contributed by atoms with E-state index in [-0.39, 0.29) is 30.3 Å². The molecule has 1 aromatic rings. The Morgan fingerprint density at radius 3 is 2.39 bits per heavy atom. The van der Waals surface area contributed by atoms with Crippen LogP contribution in [-0.4, -0.2) is 51.4 Å². The van der Waals surface area contributed by atoms with Crippen LogP contribution in [0.15, 0.2) is 36.4 Å². The maximum atomic E-state index is 14.1. The molecule has 36 heavy (non-hydrogen) atoms. The van der Waals surface area contributed by atoms with Gasteiger partial charge in [0.15, 0.2) is 0 Å². The first-order chi connectivity index (χ1) is 16.9. The van der Waals surface area contributed by atoms with Gasteiger partial charge in [-0.1, -0.05) is 55.1 Å². The Morgan fingerprint density at radius 1 is 1.08 bits per heavy atom. The van der Waals surface area contributed by atoms with Crippen LogP contribution in [0.1, 0.15) is 65.4 Å². The predicted molar refractivity (Wildman–Crippen MR) is 137 cm³/mol. The van der Waals surface area contributed by atoms with Crippen molar-refractivity contribution >= 4 is 29.3 Å². The van der Waals surface area contributed by atoms with Gasteiger partial charge in [-0.25, -0.2) is 0 Å². The third-order valence-corrected chi connectivity index (χ3v) is 8.30. The molecule has 7 nitrogen and oxygen atoms in total. The molecule has 8 heteroatoms. The Balaban J connectivity index is 1.51. The fourth-order valence-corrected chi connectivity index (χ4v) is 6.69. The van der Waals surface area contributed by atoms with Gasteiger partial charge >= 0.3 is 0 Å². The summed E-state index contributed by atoms with van der Waals surface area (Å²) in [4.78, 5) is 43.1. The Morgan fingerprint density at radius 2 is 1.75 bits per heavy atom. The first-order valence-electron chi connectivity index (χ1n) is 13.0. The molecule has 1 aliphatic carbocycles. The molecule has 194 valence electrons. The number of fused-ring (bicyclic) bond motifs is 1. The number of carbonyl (C=O) groups excluding carboxylic acids is 3. The number of nitrogens with one attached hydrogen (secondary N) is 2. The van der Waals surface area contributed by atoms with Crippen LogP contribution < -0.4 is 10.6 Å². The lowest BCUT2D eigenvalue weighted by atomic mass is 9.70. The summed E-state index contributed by atoms with van der Waals surface area (Å²) in [6, 6.07) is 6.46. The normalized spacial score (nSPS) is 33.6. The Kier molecular flexibility index (Phi) is 6.23. The molecule has 0 unspecified atom stereocenters. The molecule has 0 aromatic heterocycles. The van der Waals surface area contributed by atoms with E-state index in [9.17, 15) is 14.4 Å². The lowest BCUT2D eigenvalue weighted by Crippen LogP contribution is -2.57. The highest BCUT2D eigenvalue weighted by molar-refractivity contribution is 6.30. The maximum Gasteiger partial charge on any atom is 0.246 e. The minimum absolute atomic E-state index is 0.121. The predicted octanol–water partition coefficient (Wildman–Crippen LogP) is 3.74. The zero-order valence-electron chi connectivity index (χ0n) is 21.5. The van der Waals surface area contributed by atoms with Gasteiger partial charge < -0.3 is 20.3 Å². The minimum Gasteiger partial charge on any atom is -0.356 e. The van der Waals surface area contributed by atoms with Gasteiger partial charge in [0.25, 0.3) is 0 Å². The number of likely N-dealkylation sites (tertiary alicyclic amines) is 1. The first-order valence-corrected chi connectivity index (χ1v) is 13.4. The second-order valence-corrected chi connectivity index (χ2v) is 12.4. The van der Waals surface area contributed by atoms with Crippen molar-refractivity contribution < 1.29 is 19.1 Å². The van der Waals surface area contributed by atoms with E-state index >= 15 is 0 Å². The summed E-state index contributed by atoms with van der Waals surface area (Å²) in [5, 5.41) is 6.86. The summed E-state index contributed by atoms with van der Waals surface area (Å²) in [5.74, 6) is -2.13. The second kappa shape index (κ2) is 8.88. The molecule has 1 saturated carbocycles. The van der Waals surface area contributed by atoms with Crippen molar-refractivity contribution in [1.29, 1.82) is 0 Å². The van der Waals surface area contributed by atoms with Crippen LogP contribution >= 0.6 is 11.6 Å². The zero-order chi connectivity index (χ0) is 25.9. The van der Waals surface area contributed by atoms with E-state index in [1.54, 1.807) is 17.0 Å². The highest BCUT2D eigenvalue weighted by atomic mass is 35.5. The maximum absolute atomic E-state index is 14.1. The first kappa shape index (κ1) is 25.3. The van der Waals surface area contributed by atoms with Gasteiger partial charge in [0.05, 0.1) is 17.4 Å². The van der Waals surface area contributed by atoms with Gasteiger partial charge in [0.2, 0.25) is 17.7 Å². The standard InChI is InChI=1S/C28H36ClN3O4/c1-26(2,3)31-24(34)22-28-15-14-27(4,36-28)20(23(33)30-19-8-6-5-7-9-19)21(28)25(35)32(22)16-17-10-12-18(29)13-11-17/h10-15,19-22H,5-9,16H2,1-4H3,(H,30,33)(H,31,34)/t20-,21+,22-,27+,28+/m1/s1. The van der Waals surface area contributed by atoms with Crippen LogP contribution in [0, 0.1) is 11.8 Å². The minimum atomic E-state index is -1.19. The lowest BCUT2D eigenvalue weighted by Gasteiger charge is -2.35. The summed E-state index contributed by atoms with van der Waals surface area (Å²) in [6.45, 7) is 7.80. The van der Waals surface area contributed by atoms with Crippen molar-refractivity contribution in [2.75, 3.05) is 0 Å². The van der Waals surface area contributed by atoms with Crippen LogP contribution in [0.25, 0.3) is 0 Å². The van der Waals surface area contributed by atoms with E-state index in [2.05, 4.69) is 10.6 Å². The zero-order valence-corrected chi connectivity index (χ0v) is 22.2. The van der Waals surface area contributed by atoms with Crippen molar-refractivity contribution in [3.8, 4) is 0 Å². The Bertz CT molecular complexity index is 1090. The highest BCUT2D eigenvalue weighted by Gasteiger charge is 2.76. The monoisotopic (exact) mass is 513 g/mol. The second-order valence-electron chi connectivity index (χ2n) is 12.0. The topological polar surface area (TPSA) is 87.7 Å². The Hall–Kier alpha value is -2.38. The van der Waals surface area contributed by atoms with Crippen molar-refractivity contribution in [3.05, 3.63) is 47.0 Å². The molecule has 3 amide bonds. The molecule has 2 saturated heterocycles. The van der Waals surface area contributed by atoms with Crippen molar-refractivity contribution in [2.45, 2.75) is 95.2 Å². The molecular formula is C28H36ClN3O4. The molecule has 0 radical (unpaired) electrons. The largest absolute Gasteiger partial charge is 0.356 e. The van der Waals surface area contributed by atoms with Gasteiger partial charge in [-0.15, -0.1) is 0 Å². The average molecular weight is 514 g/mol. The van der Waals surface area contributed by atoms with E-state index < -0.39 is 34.6 Å². The number of nitrogens with zero attached hydrogens (tertiary/aromatic N) is 1. The van der Waals surface area contributed by atoms with Gasteiger partial charge in [0.1, 0.15) is 11.6 Å². The summed E-state index contributed by atoms with van der Waals surface area (Å²) >= 11 is 6.07. The molecule has 3 aliphatic heterocycles. The van der Waals surface area contributed by atoms with E-state index in [4.69, 9.17) is 16.3 Å². The molecule has 2 N–H and O–H groups in total. The SMILES string of the molecule is CC(C)(C)NC(=O)[C@H]1N(Cc2ccc(Cl)cc2)C(=O)[C@@H]2[C@H](C(=O)NC3CCCCC3)[C@]3(C)C=C[C@]21O3. The Labute approximate surface area is 218 Å². The van der Waals surface area contributed by atoms with Crippen LogP contribution in [0.3, 0.4) is 0 Å². The number of amides is 3. The van der Waals surface area contributed by atoms with Gasteiger partial charge in [-0.2, -0.15) is 0 Å². The van der Waals surface area contributed by atoms with Crippen LogP contribution in [0.5, 0.6) is 0 Å². The number of hydrogen-bond acceptors (Lipinski definition) is 4. The molecular weight excluding hydrogens is 478 g/mol. The van der Waals surface area contributed by atoms with Crippen LogP contribution in [0.2, 0.25) is 5.02 Å². The molecule has 3 heterocycles. The smallest absolute Gasteiger partial charge is 0.246 e. The molecule has 5 rings (SSSR count). The summed E-state index contributed by atoms with van der Waals surface area (Å²) in [5.41, 5.74) is -1.78. The fourth-order valence-electron chi connectivity index (χ4n) is 6.56. The molecule has 3 fully saturated rings. The molecule has 4 aliphatic rings. The lowest BCUT2D eigenvalue weighted by molar-refractivity contribution is -0.146. The quantitative estimate of drug-likeness (QED) is 0.587. The summed E-state index contributed by atoms with van der Waals surface area (Å²) in [7, 11) is 0. The van der Waals surface area contributed by atoms with Crippen molar-refractivity contribution in [2.24, 2.45) is 11.8 Å². The molecule has 5 atom stereocenters. The van der Waals surface area contributed by atoms with E-state index in [0.717, 1.165) is 31.2 Å². The van der Waals surface area contributed by atoms with Gasteiger partial charge in [0, 0.05) is 23.1 Å². The number of halogens is 1. The summed E-state index contributed by atoms with van der Waals surface area (Å²) < 4.78 is 6.58. The van der Waals surface area contributed by atoms with Crippen molar-refractivity contribution in [1.82, 2.24) is 15.5 Å². The molecule has 1 aromatic carbocycles. The molecule has 2 bridgehead atoms.